The second kappa shape index (κ2) is 5.12. The zero-order valence-corrected chi connectivity index (χ0v) is 11.5. The van der Waals surface area contributed by atoms with E-state index < -0.39 is 5.97 Å². The summed E-state index contributed by atoms with van der Waals surface area (Å²) < 4.78 is 0. The van der Waals surface area contributed by atoms with Crippen molar-refractivity contribution in [2.45, 2.75) is 32.2 Å². The predicted octanol–water partition coefficient (Wildman–Crippen LogP) is 3.53. The second-order valence-corrected chi connectivity index (χ2v) is 5.42. The largest absolute Gasteiger partial charge is 0.477 e. The fourth-order valence-electron chi connectivity index (χ4n) is 2.71. The molecule has 4 heteroatoms. The minimum Gasteiger partial charge on any atom is -0.477 e. The van der Waals surface area contributed by atoms with Gasteiger partial charge in [-0.15, -0.1) is 0 Å². The summed E-state index contributed by atoms with van der Waals surface area (Å²) in [5.74, 6) is 0.415. The molecule has 0 saturated heterocycles. The lowest BCUT2D eigenvalue weighted by Gasteiger charge is -2.10. The maximum absolute atomic E-state index is 11.2. The normalized spacial score (nSPS) is 20.9. The third-order valence-electron chi connectivity index (χ3n) is 3.86. The van der Waals surface area contributed by atoms with Gasteiger partial charge in [0.2, 0.25) is 0 Å². The van der Waals surface area contributed by atoms with E-state index in [4.69, 9.17) is 5.11 Å². The van der Waals surface area contributed by atoms with Crippen LogP contribution in [0.15, 0.2) is 30.3 Å². The van der Waals surface area contributed by atoms with Crippen molar-refractivity contribution in [1.29, 1.82) is 0 Å². The number of aromatic nitrogens is 1. The monoisotopic (exact) mass is 270 g/mol. The SMILES string of the molecule is CCCC1CC1Nc1nc(C(=O)O)cc2ccccc12. The highest BCUT2D eigenvalue weighted by molar-refractivity contribution is 5.97. The molecule has 1 heterocycles. The second-order valence-electron chi connectivity index (χ2n) is 5.42. The number of benzene rings is 1. The Balaban J connectivity index is 1.94. The first-order valence-corrected chi connectivity index (χ1v) is 7.08. The number of nitrogens with zero attached hydrogens (tertiary/aromatic N) is 1. The first-order valence-electron chi connectivity index (χ1n) is 7.08. The molecule has 3 rings (SSSR count). The van der Waals surface area contributed by atoms with E-state index in [0.717, 1.165) is 17.2 Å². The van der Waals surface area contributed by atoms with Gasteiger partial charge in [0, 0.05) is 11.4 Å². The Hall–Kier alpha value is -2.10. The maximum Gasteiger partial charge on any atom is 0.354 e. The molecule has 0 aliphatic heterocycles. The van der Waals surface area contributed by atoms with Gasteiger partial charge in [-0.2, -0.15) is 0 Å². The van der Waals surface area contributed by atoms with Gasteiger partial charge in [0.25, 0.3) is 0 Å². The summed E-state index contributed by atoms with van der Waals surface area (Å²) in [6, 6.07) is 9.83. The fourth-order valence-corrected chi connectivity index (χ4v) is 2.71. The van der Waals surface area contributed by atoms with Gasteiger partial charge >= 0.3 is 5.97 Å². The summed E-state index contributed by atoms with van der Waals surface area (Å²) in [4.78, 5) is 15.4. The van der Waals surface area contributed by atoms with Crippen LogP contribution in [-0.2, 0) is 0 Å². The van der Waals surface area contributed by atoms with Crippen LogP contribution >= 0.6 is 0 Å². The average Bonchev–Trinajstić information content (AvgIpc) is 3.17. The van der Waals surface area contributed by atoms with Crippen molar-refractivity contribution in [3.63, 3.8) is 0 Å². The molecule has 1 aromatic carbocycles. The zero-order chi connectivity index (χ0) is 14.1. The van der Waals surface area contributed by atoms with Gasteiger partial charge < -0.3 is 10.4 Å². The molecular weight excluding hydrogens is 252 g/mol. The number of rotatable bonds is 5. The van der Waals surface area contributed by atoms with Crippen molar-refractivity contribution in [3.8, 4) is 0 Å². The number of carboxylic acids is 1. The summed E-state index contributed by atoms with van der Waals surface area (Å²) >= 11 is 0. The van der Waals surface area contributed by atoms with Gasteiger partial charge in [-0.05, 0) is 30.2 Å². The van der Waals surface area contributed by atoms with Crippen LogP contribution in [0.4, 0.5) is 5.82 Å². The molecule has 104 valence electrons. The minimum atomic E-state index is -0.986. The average molecular weight is 270 g/mol. The lowest BCUT2D eigenvalue weighted by molar-refractivity contribution is 0.0691. The lowest BCUT2D eigenvalue weighted by atomic mass is 10.1. The van der Waals surface area contributed by atoms with E-state index in [2.05, 4.69) is 17.2 Å². The highest BCUT2D eigenvalue weighted by Gasteiger charge is 2.36. The highest BCUT2D eigenvalue weighted by atomic mass is 16.4. The molecule has 2 unspecified atom stereocenters. The Labute approximate surface area is 117 Å². The van der Waals surface area contributed by atoms with Gasteiger partial charge in [-0.1, -0.05) is 37.6 Å². The first kappa shape index (κ1) is 12.9. The third-order valence-corrected chi connectivity index (χ3v) is 3.86. The number of fused-ring (bicyclic) bond motifs is 1. The molecule has 2 aromatic rings. The number of hydrogen-bond donors (Lipinski definition) is 2. The molecule has 4 nitrogen and oxygen atoms in total. The van der Waals surface area contributed by atoms with E-state index in [0.29, 0.717) is 17.8 Å². The molecule has 2 N–H and O–H groups in total. The predicted molar refractivity (Wildman–Crippen MR) is 79.1 cm³/mol. The molecule has 20 heavy (non-hydrogen) atoms. The standard InChI is InChI=1S/C16H18N2O2/c1-2-5-11-9-13(11)17-15-12-7-4-3-6-10(12)8-14(18-15)16(19)20/h3-4,6-8,11,13H,2,5,9H2,1H3,(H,17,18)(H,19,20). The molecule has 0 amide bonds. The van der Waals surface area contributed by atoms with Crippen LogP contribution in [0, 0.1) is 5.92 Å². The van der Waals surface area contributed by atoms with E-state index in [-0.39, 0.29) is 5.69 Å². The number of pyridine rings is 1. The Morgan fingerprint density at radius 3 is 3.00 bits per heavy atom. The molecule has 0 bridgehead atoms. The summed E-state index contributed by atoms with van der Waals surface area (Å²) in [5, 5.41) is 14.5. The molecular formula is C16H18N2O2. The van der Waals surface area contributed by atoms with Crippen molar-refractivity contribution < 1.29 is 9.90 Å². The van der Waals surface area contributed by atoms with Crippen molar-refractivity contribution >= 4 is 22.6 Å². The molecule has 0 radical (unpaired) electrons. The number of hydrogen-bond acceptors (Lipinski definition) is 3. The van der Waals surface area contributed by atoms with Crippen LogP contribution in [0.1, 0.15) is 36.7 Å². The number of aromatic carboxylic acids is 1. The molecule has 0 spiro atoms. The van der Waals surface area contributed by atoms with Crippen molar-refractivity contribution in [2.24, 2.45) is 5.92 Å². The maximum atomic E-state index is 11.2. The van der Waals surface area contributed by atoms with Crippen LogP contribution < -0.4 is 5.32 Å². The Morgan fingerprint density at radius 2 is 2.25 bits per heavy atom. The number of carboxylic acid groups (broad SMARTS) is 1. The van der Waals surface area contributed by atoms with E-state index in [9.17, 15) is 4.79 Å². The smallest absolute Gasteiger partial charge is 0.354 e. The van der Waals surface area contributed by atoms with Gasteiger partial charge in [-0.3, -0.25) is 0 Å². The summed E-state index contributed by atoms with van der Waals surface area (Å²) in [6.07, 6.45) is 3.56. The van der Waals surface area contributed by atoms with Crippen LogP contribution in [0.5, 0.6) is 0 Å². The van der Waals surface area contributed by atoms with Crippen molar-refractivity contribution in [3.05, 3.63) is 36.0 Å². The molecule has 1 aliphatic rings. The van der Waals surface area contributed by atoms with Gasteiger partial charge in [0.15, 0.2) is 5.69 Å². The Morgan fingerprint density at radius 1 is 1.45 bits per heavy atom. The quantitative estimate of drug-likeness (QED) is 0.872. The van der Waals surface area contributed by atoms with E-state index >= 15 is 0 Å². The van der Waals surface area contributed by atoms with Gasteiger partial charge in [0.1, 0.15) is 5.82 Å². The van der Waals surface area contributed by atoms with Crippen molar-refractivity contribution in [1.82, 2.24) is 4.98 Å². The molecule has 1 aromatic heterocycles. The van der Waals surface area contributed by atoms with E-state index in [1.54, 1.807) is 6.07 Å². The number of nitrogens with one attached hydrogen (secondary N) is 1. The molecule has 2 atom stereocenters. The fraction of sp³-hybridized carbons (Fsp3) is 0.375. The summed E-state index contributed by atoms with van der Waals surface area (Å²) in [6.45, 7) is 2.19. The molecule has 1 fully saturated rings. The Kier molecular flexibility index (Phi) is 3.30. The highest BCUT2D eigenvalue weighted by Crippen LogP contribution is 2.38. The molecule has 1 saturated carbocycles. The van der Waals surface area contributed by atoms with Gasteiger partial charge in [0.05, 0.1) is 0 Å². The van der Waals surface area contributed by atoms with E-state index in [1.807, 2.05) is 24.3 Å². The van der Waals surface area contributed by atoms with Crippen LogP contribution in [-0.4, -0.2) is 22.1 Å². The summed E-state index contributed by atoms with van der Waals surface area (Å²) in [5.41, 5.74) is 0.0962. The third kappa shape index (κ3) is 2.46. The van der Waals surface area contributed by atoms with E-state index in [1.165, 1.54) is 12.8 Å². The summed E-state index contributed by atoms with van der Waals surface area (Å²) in [7, 11) is 0. The Bertz CT molecular complexity index is 654. The van der Waals surface area contributed by atoms with Crippen molar-refractivity contribution in [2.75, 3.05) is 5.32 Å². The zero-order valence-electron chi connectivity index (χ0n) is 11.5. The van der Waals surface area contributed by atoms with Crippen LogP contribution in [0.25, 0.3) is 10.8 Å². The van der Waals surface area contributed by atoms with Gasteiger partial charge in [-0.25, -0.2) is 9.78 Å². The minimum absolute atomic E-state index is 0.0962. The molecule has 1 aliphatic carbocycles. The first-order chi connectivity index (χ1) is 9.69. The number of anilines is 1. The number of carbonyl (C=O) groups is 1. The van der Waals surface area contributed by atoms with Crippen LogP contribution in [0.3, 0.4) is 0 Å². The lowest BCUT2D eigenvalue weighted by Crippen LogP contribution is -2.10. The van der Waals surface area contributed by atoms with Crippen LogP contribution in [0.2, 0.25) is 0 Å². The topological polar surface area (TPSA) is 62.2 Å².